The van der Waals surface area contributed by atoms with E-state index in [0.29, 0.717) is 4.57 Å². The molecule has 0 saturated carbocycles. The van der Waals surface area contributed by atoms with Crippen LogP contribution in [0.5, 0.6) is 0 Å². The van der Waals surface area contributed by atoms with Gasteiger partial charge in [-0.2, -0.15) is 14.0 Å². The molecule has 0 amide bonds. The smallest absolute Gasteiger partial charge is 0.254 e. The first kappa shape index (κ1) is 6.68. The molecule has 0 spiro atoms. The summed E-state index contributed by atoms with van der Waals surface area (Å²) in [6.45, 7) is -2.77. The first-order chi connectivity index (χ1) is 4.75. The zero-order valence-electron chi connectivity index (χ0n) is 4.67. The molecule has 0 bridgehead atoms. The molecular weight excluding hydrogens is 140 g/mol. The number of nitrogens with zero attached hydrogens (tertiary/aromatic N) is 3. The lowest BCUT2D eigenvalue weighted by Gasteiger charge is -1.96. The van der Waals surface area contributed by atoms with Crippen LogP contribution in [-0.2, 0) is 0 Å². The van der Waals surface area contributed by atoms with Gasteiger partial charge in [-0.25, -0.2) is 4.98 Å². The third kappa shape index (κ3) is 0.957. The second-order valence-electron chi connectivity index (χ2n) is 1.43. The topological polar surface area (TPSA) is 41.6 Å². The molecule has 1 heterocycles. The van der Waals surface area contributed by atoms with Crippen LogP contribution in [0, 0.1) is 23.9 Å². The summed E-state index contributed by atoms with van der Waals surface area (Å²) in [5, 5.41) is 8.16. The molecule has 5 heteroatoms. The first-order valence-electron chi connectivity index (χ1n) is 2.31. The van der Waals surface area contributed by atoms with Crippen molar-refractivity contribution in [3.63, 3.8) is 0 Å². The van der Waals surface area contributed by atoms with E-state index in [1.54, 1.807) is 0 Å². The lowest BCUT2D eigenvalue weighted by Crippen LogP contribution is -1.98. The van der Waals surface area contributed by atoms with Gasteiger partial charge in [-0.05, 0) is 0 Å². The molecule has 0 saturated heterocycles. The Labute approximate surface area is 55.5 Å². The number of imidazole rings is 1. The Hall–Kier alpha value is -1.44. The van der Waals surface area contributed by atoms with Gasteiger partial charge >= 0.3 is 6.55 Å². The summed E-state index contributed by atoms with van der Waals surface area (Å²) in [7, 11) is 0. The Morgan fingerprint density at radius 3 is 2.80 bits per heavy atom. The van der Waals surface area contributed by atoms with Gasteiger partial charge in [0.05, 0.1) is 0 Å². The summed E-state index contributed by atoms with van der Waals surface area (Å²) in [6, 6.07) is 1.49. The fraction of sp³-hybridized carbons (Fsp3) is 0.200. The maximum atomic E-state index is 11.8. The minimum Gasteiger partial charge on any atom is -0.254 e. The molecule has 0 aliphatic heterocycles. The van der Waals surface area contributed by atoms with E-state index in [1.807, 2.05) is 6.33 Å². The molecule has 0 aromatic carbocycles. The molecule has 50 valence electrons. The van der Waals surface area contributed by atoms with Crippen molar-refractivity contribution in [1.29, 1.82) is 5.26 Å². The van der Waals surface area contributed by atoms with E-state index in [9.17, 15) is 8.78 Å². The first-order valence-corrected chi connectivity index (χ1v) is 2.31. The number of hydrogen-bond acceptors (Lipinski definition) is 2. The van der Waals surface area contributed by atoms with Crippen molar-refractivity contribution in [3.8, 4) is 6.07 Å². The Morgan fingerprint density at radius 1 is 1.70 bits per heavy atom. The molecule has 3 nitrogen and oxygen atoms in total. The second-order valence-corrected chi connectivity index (χ2v) is 1.43. The fourth-order valence-corrected chi connectivity index (χ4v) is 0.456. The van der Waals surface area contributed by atoms with Crippen LogP contribution in [0.3, 0.4) is 0 Å². The van der Waals surface area contributed by atoms with Gasteiger partial charge < -0.3 is 0 Å². The lowest BCUT2D eigenvalue weighted by atomic mass is 10.5. The van der Waals surface area contributed by atoms with Crippen molar-refractivity contribution >= 4 is 0 Å². The Morgan fingerprint density at radius 2 is 2.40 bits per heavy atom. The van der Waals surface area contributed by atoms with Crippen LogP contribution in [0.4, 0.5) is 8.78 Å². The summed E-state index contributed by atoms with van der Waals surface area (Å²) < 4.78 is 23.9. The normalized spacial score (nSPS) is 9.80. The van der Waals surface area contributed by atoms with E-state index in [4.69, 9.17) is 5.26 Å². The van der Waals surface area contributed by atoms with Crippen LogP contribution in [-0.4, -0.2) is 9.55 Å². The van der Waals surface area contributed by atoms with Crippen LogP contribution < -0.4 is 0 Å². The molecule has 10 heavy (non-hydrogen) atoms. The fourth-order valence-electron chi connectivity index (χ4n) is 0.456. The van der Waals surface area contributed by atoms with Crippen LogP contribution in [0.15, 0.2) is 0 Å². The molecule has 1 rings (SSSR count). The lowest BCUT2D eigenvalue weighted by molar-refractivity contribution is 0.0684. The number of halogens is 2. The summed E-state index contributed by atoms with van der Waals surface area (Å²) in [5.74, 6) is 0. The maximum absolute atomic E-state index is 11.8. The zero-order valence-corrected chi connectivity index (χ0v) is 4.67. The molecular formula is C5HF2N3. The highest BCUT2D eigenvalue weighted by atomic mass is 19.3. The van der Waals surface area contributed by atoms with E-state index >= 15 is 0 Å². The molecule has 0 fully saturated rings. The van der Waals surface area contributed by atoms with E-state index in [2.05, 4.69) is 11.2 Å². The average Bonchev–Trinajstić information content (AvgIpc) is 2.33. The van der Waals surface area contributed by atoms with Gasteiger partial charge in [0.2, 0.25) is 0 Å². The molecule has 0 N–H and O–H groups in total. The van der Waals surface area contributed by atoms with Gasteiger partial charge in [0, 0.05) is 0 Å². The summed E-state index contributed by atoms with van der Waals surface area (Å²) >= 11 is 0. The average molecular weight is 141 g/mol. The molecule has 1 aromatic rings. The van der Waals surface area contributed by atoms with E-state index in [0.717, 1.165) is 0 Å². The molecule has 0 aliphatic carbocycles. The minimum atomic E-state index is -2.77. The Bertz CT molecular complexity index is 260. The number of nitriles is 1. The van der Waals surface area contributed by atoms with Gasteiger partial charge in [-0.1, -0.05) is 0 Å². The predicted molar refractivity (Wildman–Crippen MR) is 25.9 cm³/mol. The van der Waals surface area contributed by atoms with Gasteiger partial charge in [0.1, 0.15) is 12.3 Å². The van der Waals surface area contributed by atoms with Crippen LogP contribution in [0.1, 0.15) is 12.2 Å². The second kappa shape index (κ2) is 2.43. The van der Waals surface area contributed by atoms with Crippen LogP contribution in [0.2, 0.25) is 0 Å². The minimum absolute atomic E-state index is 0.310. The van der Waals surface area contributed by atoms with Crippen LogP contribution >= 0.6 is 0 Å². The number of aromatic nitrogens is 2. The SMILES string of the molecule is N#Cc1[c]n[c]n1C(F)F. The highest BCUT2D eigenvalue weighted by molar-refractivity contribution is 5.15. The van der Waals surface area contributed by atoms with Gasteiger partial charge in [-0.3, -0.25) is 4.57 Å². The maximum Gasteiger partial charge on any atom is 0.321 e. The number of alkyl halides is 2. The number of rotatable bonds is 1. The highest BCUT2D eigenvalue weighted by Crippen LogP contribution is 2.10. The Balaban J connectivity index is 3.05. The third-order valence-corrected chi connectivity index (χ3v) is 0.862. The third-order valence-electron chi connectivity index (χ3n) is 0.862. The van der Waals surface area contributed by atoms with Crippen molar-refractivity contribution in [2.45, 2.75) is 6.55 Å². The largest absolute Gasteiger partial charge is 0.321 e. The van der Waals surface area contributed by atoms with Crippen molar-refractivity contribution in [3.05, 3.63) is 18.2 Å². The molecule has 1 aromatic heterocycles. The monoisotopic (exact) mass is 141 g/mol. The molecule has 2 radical (unpaired) electrons. The molecule has 0 aliphatic rings. The van der Waals surface area contributed by atoms with Gasteiger partial charge in [-0.15, -0.1) is 0 Å². The van der Waals surface area contributed by atoms with Crippen molar-refractivity contribution in [2.24, 2.45) is 0 Å². The quantitative estimate of drug-likeness (QED) is 0.579. The van der Waals surface area contributed by atoms with Crippen LogP contribution in [0.25, 0.3) is 0 Å². The van der Waals surface area contributed by atoms with Crippen molar-refractivity contribution < 1.29 is 8.78 Å². The summed E-state index contributed by atoms with van der Waals surface area (Å²) in [4.78, 5) is 3.12. The van der Waals surface area contributed by atoms with Crippen molar-refractivity contribution in [2.75, 3.05) is 0 Å². The Kier molecular flexibility index (Phi) is 1.63. The highest BCUT2D eigenvalue weighted by Gasteiger charge is 2.10. The predicted octanol–water partition coefficient (Wildman–Crippen LogP) is 0.750. The number of hydrogen-bond donors (Lipinski definition) is 0. The van der Waals surface area contributed by atoms with Gasteiger partial charge in [0.15, 0.2) is 12.0 Å². The van der Waals surface area contributed by atoms with Crippen molar-refractivity contribution in [1.82, 2.24) is 9.55 Å². The molecule has 0 atom stereocenters. The standard InChI is InChI=1S/C5HF2N3/c6-5(7)10-3-9-2-4(10)1-8/h5H. The van der Waals surface area contributed by atoms with E-state index < -0.39 is 6.55 Å². The molecule has 0 unspecified atom stereocenters. The summed E-state index contributed by atoms with van der Waals surface area (Å²) in [5.41, 5.74) is -0.310. The zero-order chi connectivity index (χ0) is 7.56. The summed E-state index contributed by atoms with van der Waals surface area (Å²) in [6.07, 6.45) is 3.95. The van der Waals surface area contributed by atoms with Gasteiger partial charge in [0.25, 0.3) is 0 Å². The van der Waals surface area contributed by atoms with E-state index in [-0.39, 0.29) is 5.69 Å². The van der Waals surface area contributed by atoms with E-state index in [1.165, 1.54) is 6.07 Å².